The number of para-hydroxylation sites is 5. The van der Waals surface area contributed by atoms with Crippen LogP contribution in [0.5, 0.6) is 0 Å². The van der Waals surface area contributed by atoms with Crippen molar-refractivity contribution in [3.63, 3.8) is 0 Å². The fourth-order valence-corrected chi connectivity index (χ4v) is 19.7. The second-order valence-electron chi connectivity index (χ2n) is 34.7. The Morgan fingerprint density at radius 3 is 0.871 bits per heavy atom. The number of anilines is 13. The fourth-order valence-electron chi connectivity index (χ4n) is 19.7. The summed E-state index contributed by atoms with van der Waals surface area (Å²) in [5, 5.41) is 0. The van der Waals surface area contributed by atoms with E-state index in [4.69, 9.17) is 0 Å². The van der Waals surface area contributed by atoms with Gasteiger partial charge in [0.1, 0.15) is 45.5 Å². The monoisotopic (exact) mass is 1620 g/mol. The molecule has 0 amide bonds. The van der Waals surface area contributed by atoms with E-state index < -0.39 is 0 Å². The molecule has 8 heterocycles. The number of pyridine rings is 4. The van der Waals surface area contributed by atoms with Gasteiger partial charge in [-0.1, -0.05) is 252 Å². The molecule has 16 heteroatoms. The summed E-state index contributed by atoms with van der Waals surface area (Å²) >= 11 is 0. The summed E-state index contributed by atoms with van der Waals surface area (Å²) in [4.78, 5) is 19.9. The zero-order chi connectivity index (χ0) is 87.1. The van der Waals surface area contributed by atoms with E-state index in [0.29, 0.717) is 11.8 Å². The first kappa shape index (κ1) is 84.3. The molecule has 0 unspecified atom stereocenters. The van der Waals surface area contributed by atoms with Crippen molar-refractivity contribution in [3.8, 4) is 22.3 Å². The third kappa shape index (κ3) is 15.4. The van der Waals surface area contributed by atoms with Crippen molar-refractivity contribution in [2.75, 3.05) is 59.6 Å². The van der Waals surface area contributed by atoms with Crippen LogP contribution in [0.3, 0.4) is 0 Å². The van der Waals surface area contributed by atoms with Crippen LogP contribution in [-0.2, 0) is 28.2 Å². The molecule has 4 aromatic heterocycles. The molecular weight excluding hydrogens is 1510 g/mol. The predicted octanol–water partition coefficient (Wildman–Crippen LogP) is 20.0. The van der Waals surface area contributed by atoms with Crippen LogP contribution in [-0.4, -0.2) is 49.1 Å². The Morgan fingerprint density at radius 2 is 0.508 bits per heavy atom. The zero-order valence-corrected chi connectivity index (χ0v) is 76.0. The Kier molecular flexibility index (Phi) is 24.2. The third-order valence-corrected chi connectivity index (χ3v) is 25.8. The minimum Gasteiger partial charge on any atom is -0.366 e. The van der Waals surface area contributed by atoms with Crippen LogP contribution in [0, 0.1) is 62.3 Å². The van der Waals surface area contributed by atoms with Gasteiger partial charge >= 0.3 is 27.9 Å². The van der Waals surface area contributed by atoms with Crippen molar-refractivity contribution in [2.24, 2.45) is 28.2 Å². The quantitative estimate of drug-likeness (QED) is 0.0836. The number of nitrogens with zero attached hydrogens (tertiary/aromatic N) is 12. The first-order valence-corrected chi connectivity index (χ1v) is 43.8. The summed E-state index contributed by atoms with van der Waals surface area (Å²) in [6.07, 6.45) is 8.60. The average Bonchev–Trinajstić information content (AvgIpc) is 1.57. The normalized spacial score (nSPS) is 13.1. The van der Waals surface area contributed by atoms with Crippen molar-refractivity contribution in [1.82, 2.24) is 0 Å². The van der Waals surface area contributed by atoms with Gasteiger partial charge in [-0.15, -0.1) is 0 Å². The predicted molar refractivity (Wildman–Crippen MR) is 528 cm³/mol. The van der Waals surface area contributed by atoms with Gasteiger partial charge in [-0.2, -0.15) is 0 Å². The number of aromatic nitrogens is 4. The summed E-state index contributed by atoms with van der Waals surface area (Å²) in [5.74, 6) is 5.81. The van der Waals surface area contributed by atoms with E-state index in [0.717, 1.165) is 0 Å². The van der Waals surface area contributed by atoms with Gasteiger partial charge in [0.2, 0.25) is 0 Å². The molecule has 0 spiro atoms. The van der Waals surface area contributed by atoms with Crippen molar-refractivity contribution in [2.45, 2.75) is 102 Å². The molecule has 0 atom stereocenters. The molecular formula is C108H116B4N12+4. The number of hydrogen-bond acceptors (Lipinski definition) is 8. The lowest BCUT2D eigenvalue weighted by Crippen LogP contribution is -2.57. The van der Waals surface area contributed by atoms with Crippen molar-refractivity contribution in [3.05, 3.63) is 389 Å². The van der Waals surface area contributed by atoms with Gasteiger partial charge in [0.25, 0.3) is 23.3 Å². The number of fused-ring (bicyclic) bond motifs is 4. The van der Waals surface area contributed by atoms with E-state index in [-0.39, 0.29) is 27.9 Å². The maximum Gasteiger partial charge on any atom is 0.543 e. The van der Waals surface area contributed by atoms with E-state index in [1.54, 1.807) is 0 Å². The molecule has 0 saturated carbocycles. The topological polar surface area (TPSA) is 41.4 Å². The number of hydrogen-bond donors (Lipinski definition) is 0. The standard InChI is InChI=1S/C32H29BN3.C28H29BN3.C26H33BN3.C22H25BN3/c1-24-14-10-11-21-29(24)36-32-30(22-13-23-34(32)2)35(3)33(36)31-27(25-15-6-4-7-16-25)19-12-20-28(31)26-17-8-5-9-18-26;1-20-12-9-10-17-25(20)32-28-27(23(4)18-19-30(28)5)31(24-15-7-6-8-16-24)29(32)26-21(2)13-11-14-22(26)3;1-18(2)21-13-10-14-22(19(3)4)25(21)27-29(7)24-16-11-17-28(6)26(24)30(27)23-15-9-8-12-20(23)5;1-16-10-6-7-13-19(16)26-22-20(14-9-15-24(22)4)25(5)23(26)21-17(2)11-8-12-18(21)3/h4-23H,1-3H3;6-19H,1-5H3;8-19H,1-7H3;6-15H,1-5H3/q4*+1. The Balaban J connectivity index is 0.000000123. The largest absolute Gasteiger partial charge is 0.543 e. The van der Waals surface area contributed by atoms with Crippen LogP contribution in [0.25, 0.3) is 22.3 Å². The lowest BCUT2D eigenvalue weighted by Gasteiger charge is -2.28. The van der Waals surface area contributed by atoms with Crippen LogP contribution in [0.4, 0.5) is 74.5 Å². The van der Waals surface area contributed by atoms with Crippen LogP contribution >= 0.6 is 0 Å². The maximum atomic E-state index is 2.54. The fraction of sp³-hybridized carbons (Fsp3) is 0.204. The Bertz CT molecular complexity index is 6300. The van der Waals surface area contributed by atoms with Crippen molar-refractivity contribution >= 4 is 124 Å². The molecule has 11 aromatic carbocycles. The molecule has 4 aliphatic rings. The van der Waals surface area contributed by atoms with Crippen molar-refractivity contribution < 1.29 is 18.3 Å². The van der Waals surface area contributed by atoms with Crippen LogP contribution in [0.1, 0.15) is 101 Å². The summed E-state index contributed by atoms with van der Waals surface area (Å²) in [5.41, 5.74) is 36.2. The molecule has 0 N–H and O–H groups in total. The first-order chi connectivity index (χ1) is 60.0. The van der Waals surface area contributed by atoms with Gasteiger partial charge in [-0.05, 0) is 258 Å². The van der Waals surface area contributed by atoms with E-state index >= 15 is 0 Å². The molecule has 0 saturated heterocycles. The second kappa shape index (κ2) is 35.6. The van der Waals surface area contributed by atoms with Crippen LogP contribution in [0.15, 0.2) is 328 Å². The zero-order valence-electron chi connectivity index (χ0n) is 76.0. The molecule has 0 radical (unpaired) electrons. The van der Waals surface area contributed by atoms with Gasteiger partial charge < -0.3 is 19.2 Å². The minimum absolute atomic E-state index is 0.0157. The van der Waals surface area contributed by atoms with E-state index in [2.05, 4.69) is 524 Å². The number of rotatable bonds is 13. The van der Waals surface area contributed by atoms with E-state index in [1.807, 2.05) is 0 Å². The van der Waals surface area contributed by atoms with Gasteiger partial charge in [-0.25, -0.2) is 18.3 Å². The summed E-state index contributed by atoms with van der Waals surface area (Å²) in [7, 11) is 15.2. The maximum absolute atomic E-state index is 2.54. The summed E-state index contributed by atoms with van der Waals surface area (Å²) in [6.45, 7) is 29.4. The molecule has 12 nitrogen and oxygen atoms in total. The van der Waals surface area contributed by atoms with E-state index in [1.165, 1.54) is 180 Å². The molecule has 19 rings (SSSR count). The minimum atomic E-state index is -0.0266. The van der Waals surface area contributed by atoms with Crippen LogP contribution in [0.2, 0.25) is 0 Å². The number of aryl methyl sites for hydroxylation is 13. The highest BCUT2D eigenvalue weighted by atomic mass is 15.4. The molecule has 616 valence electrons. The van der Waals surface area contributed by atoms with Gasteiger partial charge in [0.05, 0.1) is 53.0 Å². The molecule has 124 heavy (non-hydrogen) atoms. The third-order valence-electron chi connectivity index (χ3n) is 25.8. The highest BCUT2D eigenvalue weighted by Gasteiger charge is 2.58. The van der Waals surface area contributed by atoms with Gasteiger partial charge in [-0.3, -0.25) is 19.2 Å². The molecule has 0 fully saturated rings. The van der Waals surface area contributed by atoms with Crippen LogP contribution < -0.4 is 78.6 Å². The SMILES string of the molecule is Cc1ccccc1N1B(c2c(-c3ccccc3)cccc2-c2ccccc2)N(C)c2ccc[n+](C)c21.Cc1ccccc1N1B(c2c(C(C)C)cccc2C(C)C)N(C)c2ccc[n+](C)c21.Cc1ccccc1N1B(c2c(C)cccc2C)N(C)c2ccc[n+](C)c21.Cc1ccccc1N1B(c2c(C)cccc2C)N(c2ccccc2)c2c(C)cc[n+](C)c21. The van der Waals surface area contributed by atoms with Gasteiger partial charge in [0, 0.05) is 27.5 Å². The van der Waals surface area contributed by atoms with Gasteiger partial charge in [0.15, 0.2) is 0 Å². The summed E-state index contributed by atoms with van der Waals surface area (Å²) in [6, 6.07) is 109. The molecule has 15 aromatic rings. The highest BCUT2D eigenvalue weighted by molar-refractivity contribution is 6.86. The van der Waals surface area contributed by atoms with Crippen molar-refractivity contribution in [1.29, 1.82) is 0 Å². The smallest absolute Gasteiger partial charge is 0.366 e. The lowest BCUT2D eigenvalue weighted by atomic mass is 9.59. The highest BCUT2D eigenvalue weighted by Crippen LogP contribution is 2.49. The molecule has 0 aliphatic carbocycles. The first-order valence-electron chi connectivity index (χ1n) is 43.8. The summed E-state index contributed by atoms with van der Waals surface area (Å²) < 4.78 is 8.99. The average molecular weight is 1630 g/mol. The Hall–Kier alpha value is -13.3. The molecule has 0 bridgehead atoms. The molecule has 4 aliphatic heterocycles. The second-order valence-corrected chi connectivity index (χ2v) is 34.7. The lowest BCUT2D eigenvalue weighted by molar-refractivity contribution is -0.657. The Morgan fingerprint density at radius 1 is 0.226 bits per heavy atom. The Labute approximate surface area is 739 Å². The number of benzene rings is 11. The van der Waals surface area contributed by atoms with E-state index in [9.17, 15) is 0 Å².